The van der Waals surface area contributed by atoms with E-state index < -0.39 is 44.3 Å². The average Bonchev–Trinajstić information content (AvgIpc) is 2.99. The van der Waals surface area contributed by atoms with Crippen LogP contribution in [-0.2, 0) is 19.1 Å². The summed E-state index contributed by atoms with van der Waals surface area (Å²) in [5, 5.41) is 9.24. The largest absolute Gasteiger partial charge is 0.481 e. The van der Waals surface area contributed by atoms with Crippen LogP contribution in [-0.4, -0.2) is 30.4 Å². The molecule has 0 radical (unpaired) electrons. The molecule has 0 spiro atoms. The summed E-state index contributed by atoms with van der Waals surface area (Å²) in [7, 11) is -4.09. The van der Waals surface area contributed by atoms with Gasteiger partial charge < -0.3 is 5.11 Å². The first-order valence-corrected chi connectivity index (χ1v) is 9.27. The summed E-state index contributed by atoms with van der Waals surface area (Å²) in [6.07, 6.45) is -1.12. The third-order valence-electron chi connectivity index (χ3n) is 4.33. The Kier molecular flexibility index (Phi) is 5.02. The molecule has 3 atom stereocenters. The third-order valence-corrected chi connectivity index (χ3v) is 6.15. The second kappa shape index (κ2) is 6.24. The molecular formula is C15H18Cl2O5S. The molecule has 0 aliphatic heterocycles. The zero-order valence-electron chi connectivity index (χ0n) is 12.9. The minimum Gasteiger partial charge on any atom is -0.481 e. The molecule has 1 aromatic rings. The Morgan fingerprint density at radius 1 is 1.26 bits per heavy atom. The minimum absolute atomic E-state index is 0.0209. The molecule has 2 rings (SSSR count). The van der Waals surface area contributed by atoms with E-state index in [0.29, 0.717) is 0 Å². The van der Waals surface area contributed by atoms with Crippen molar-refractivity contribution in [3.63, 3.8) is 0 Å². The molecule has 3 unspecified atom stereocenters. The highest BCUT2D eigenvalue weighted by Gasteiger charge is 2.67. The lowest BCUT2D eigenvalue weighted by Gasteiger charge is -2.20. The zero-order chi connectivity index (χ0) is 17.6. The van der Waals surface area contributed by atoms with Gasteiger partial charge in [-0.05, 0) is 24.5 Å². The summed E-state index contributed by atoms with van der Waals surface area (Å²) in [4.78, 5) is 10.1. The molecule has 8 heteroatoms. The van der Waals surface area contributed by atoms with E-state index in [0.717, 1.165) is 5.56 Å². The number of hydrogen-bond acceptors (Lipinski definition) is 4. The van der Waals surface area contributed by atoms with Gasteiger partial charge in [-0.15, -0.1) is 23.2 Å². The molecule has 1 N–H and O–H groups in total. The predicted octanol–water partition coefficient (Wildman–Crippen LogP) is 3.23. The molecular weight excluding hydrogens is 363 g/mol. The summed E-state index contributed by atoms with van der Waals surface area (Å²) in [5.41, 5.74) is 0.267. The van der Waals surface area contributed by atoms with E-state index >= 15 is 0 Å². The zero-order valence-corrected chi connectivity index (χ0v) is 15.2. The quantitative estimate of drug-likeness (QED) is 0.605. The van der Waals surface area contributed by atoms with Gasteiger partial charge in [0.2, 0.25) is 0 Å². The normalized spacial score (nSPS) is 24.4. The van der Waals surface area contributed by atoms with Gasteiger partial charge in [0.25, 0.3) is 10.1 Å². The van der Waals surface area contributed by atoms with Crippen molar-refractivity contribution < 1.29 is 22.5 Å². The Balaban J connectivity index is 2.27. The number of aryl methyl sites for hydroxylation is 1. The second-order valence-electron chi connectivity index (χ2n) is 6.33. The Hall–Kier alpha value is -0.820. The Bertz CT molecular complexity index is 697. The van der Waals surface area contributed by atoms with Crippen LogP contribution in [0.5, 0.6) is 0 Å². The topological polar surface area (TPSA) is 80.7 Å². The highest BCUT2D eigenvalue weighted by atomic mass is 35.5. The van der Waals surface area contributed by atoms with Gasteiger partial charge in [-0.1, -0.05) is 31.5 Å². The van der Waals surface area contributed by atoms with Crippen LogP contribution in [0.3, 0.4) is 0 Å². The van der Waals surface area contributed by atoms with Crippen molar-refractivity contribution >= 4 is 39.3 Å². The molecule has 23 heavy (non-hydrogen) atoms. The van der Waals surface area contributed by atoms with Crippen molar-refractivity contribution in [3.05, 3.63) is 29.8 Å². The second-order valence-corrected chi connectivity index (χ2v) is 9.06. The maximum atomic E-state index is 12.4. The molecule has 5 nitrogen and oxygen atoms in total. The lowest BCUT2D eigenvalue weighted by molar-refractivity contribution is -0.139. The van der Waals surface area contributed by atoms with E-state index in [4.69, 9.17) is 27.4 Å². The first-order chi connectivity index (χ1) is 10.5. The van der Waals surface area contributed by atoms with Crippen molar-refractivity contribution in [3.8, 4) is 0 Å². The van der Waals surface area contributed by atoms with E-state index in [2.05, 4.69) is 0 Å². The number of rotatable bonds is 6. The molecule has 1 aliphatic carbocycles. The summed E-state index contributed by atoms with van der Waals surface area (Å²) in [5.74, 6) is -2.35. The molecule has 0 amide bonds. The number of halogens is 2. The van der Waals surface area contributed by atoms with Gasteiger partial charge in [-0.25, -0.2) is 0 Å². The Morgan fingerprint density at radius 2 is 1.78 bits per heavy atom. The van der Waals surface area contributed by atoms with Gasteiger partial charge in [0, 0.05) is 5.92 Å². The predicted molar refractivity (Wildman–Crippen MR) is 87.1 cm³/mol. The van der Waals surface area contributed by atoms with E-state index in [9.17, 15) is 18.3 Å². The first-order valence-electron chi connectivity index (χ1n) is 6.99. The lowest BCUT2D eigenvalue weighted by Crippen LogP contribution is -2.29. The maximum absolute atomic E-state index is 12.4. The van der Waals surface area contributed by atoms with Crippen molar-refractivity contribution in [1.82, 2.24) is 0 Å². The van der Waals surface area contributed by atoms with E-state index in [1.54, 1.807) is 26.0 Å². The fraction of sp³-hybridized carbons (Fsp3) is 0.533. The van der Waals surface area contributed by atoms with Crippen molar-refractivity contribution in [2.24, 2.45) is 17.3 Å². The highest BCUT2D eigenvalue weighted by molar-refractivity contribution is 7.86. The summed E-state index contributed by atoms with van der Waals surface area (Å²) in [6.45, 7) is 5.28. The molecule has 0 saturated heterocycles. The van der Waals surface area contributed by atoms with Gasteiger partial charge >= 0.3 is 5.97 Å². The van der Waals surface area contributed by atoms with Crippen molar-refractivity contribution in [2.75, 3.05) is 0 Å². The van der Waals surface area contributed by atoms with Gasteiger partial charge in [-0.3, -0.25) is 8.98 Å². The van der Waals surface area contributed by atoms with Crippen LogP contribution in [0.2, 0.25) is 0 Å². The molecule has 1 aliphatic rings. The SMILES string of the molecule is Cc1ccc(S(=O)(=O)OC(C(Cl)Cl)C2C(C(=O)O)C2(C)C)cc1. The lowest BCUT2D eigenvalue weighted by atomic mass is 10.1. The standard InChI is InChI=1S/C15H18Cl2O5S/c1-8-4-6-9(7-5-8)23(20,21)22-12(13(16)17)10-11(14(18)19)15(10,2)3/h4-7,10-13H,1-3H3,(H,18,19). The van der Waals surface area contributed by atoms with Crippen molar-refractivity contribution in [1.29, 1.82) is 0 Å². The van der Waals surface area contributed by atoms with E-state index in [1.807, 2.05) is 6.92 Å². The summed E-state index contributed by atoms with van der Waals surface area (Å²) >= 11 is 11.8. The number of benzene rings is 1. The van der Waals surface area contributed by atoms with Crippen molar-refractivity contribution in [2.45, 2.75) is 36.6 Å². The fourth-order valence-corrected chi connectivity index (χ4v) is 4.57. The van der Waals surface area contributed by atoms with Crippen LogP contribution >= 0.6 is 23.2 Å². The summed E-state index contributed by atoms with van der Waals surface area (Å²) in [6, 6.07) is 6.13. The van der Waals surface area contributed by atoms with Gasteiger partial charge in [0.05, 0.1) is 10.8 Å². The third kappa shape index (κ3) is 3.65. The van der Waals surface area contributed by atoms with Crippen LogP contribution in [0.15, 0.2) is 29.2 Å². The van der Waals surface area contributed by atoms with Crippen LogP contribution < -0.4 is 0 Å². The first kappa shape index (κ1) is 18.5. The van der Waals surface area contributed by atoms with Crippen LogP contribution in [0, 0.1) is 24.2 Å². The Labute approximate surface area is 145 Å². The fourth-order valence-electron chi connectivity index (χ4n) is 2.93. The van der Waals surface area contributed by atoms with E-state index in [1.165, 1.54) is 12.1 Å². The smallest absolute Gasteiger partial charge is 0.307 e. The van der Waals surface area contributed by atoms with E-state index in [-0.39, 0.29) is 4.90 Å². The number of aliphatic carboxylic acids is 1. The maximum Gasteiger partial charge on any atom is 0.307 e. The van der Waals surface area contributed by atoms with Crippen LogP contribution in [0.25, 0.3) is 0 Å². The highest BCUT2D eigenvalue weighted by Crippen LogP contribution is 2.62. The van der Waals surface area contributed by atoms with Crippen LogP contribution in [0.4, 0.5) is 0 Å². The number of hydrogen-bond donors (Lipinski definition) is 1. The number of carboxylic acid groups (broad SMARTS) is 1. The molecule has 1 fully saturated rings. The molecule has 0 heterocycles. The minimum atomic E-state index is -4.09. The molecule has 0 bridgehead atoms. The van der Waals surface area contributed by atoms with Gasteiger partial charge in [0.1, 0.15) is 10.9 Å². The monoisotopic (exact) mass is 380 g/mol. The molecule has 1 aromatic carbocycles. The van der Waals surface area contributed by atoms with Gasteiger partial charge in [0.15, 0.2) is 0 Å². The van der Waals surface area contributed by atoms with Gasteiger partial charge in [-0.2, -0.15) is 8.42 Å². The number of alkyl halides is 2. The van der Waals surface area contributed by atoms with Crippen LogP contribution in [0.1, 0.15) is 19.4 Å². The Morgan fingerprint density at radius 3 is 2.17 bits per heavy atom. The summed E-state index contributed by atoms with van der Waals surface area (Å²) < 4.78 is 30.0. The molecule has 128 valence electrons. The number of carbonyl (C=O) groups is 1. The average molecular weight is 381 g/mol. The molecule has 0 aromatic heterocycles. The number of carboxylic acids is 1. The molecule has 1 saturated carbocycles.